The molecule has 0 aliphatic heterocycles. The van der Waals surface area contributed by atoms with Crippen LogP contribution in [0, 0.1) is 20.8 Å². The predicted octanol–water partition coefficient (Wildman–Crippen LogP) is 3.33. The molecule has 1 aromatic carbocycles. The fourth-order valence-corrected chi connectivity index (χ4v) is 3.10. The van der Waals surface area contributed by atoms with Gasteiger partial charge in [-0.2, -0.15) is 0 Å². The Labute approximate surface area is 131 Å². The fraction of sp³-hybridized carbons (Fsp3) is 0.500. The van der Waals surface area contributed by atoms with Gasteiger partial charge in [-0.15, -0.1) is 11.8 Å². The molecule has 0 radical (unpaired) electrons. The summed E-state index contributed by atoms with van der Waals surface area (Å²) in [6, 6.07) is 3.76. The third-order valence-corrected chi connectivity index (χ3v) is 4.37. The zero-order valence-corrected chi connectivity index (χ0v) is 14.4. The number of thioether (sulfide) groups is 1. The molecule has 1 rings (SSSR count). The van der Waals surface area contributed by atoms with Gasteiger partial charge in [0.05, 0.1) is 5.25 Å². The van der Waals surface area contributed by atoms with Gasteiger partial charge in [0.1, 0.15) is 0 Å². The number of urea groups is 1. The van der Waals surface area contributed by atoms with Crippen molar-refractivity contribution in [1.82, 2.24) is 10.6 Å². The molecule has 1 aromatic rings. The van der Waals surface area contributed by atoms with Gasteiger partial charge in [-0.25, -0.2) is 4.79 Å². The quantitative estimate of drug-likeness (QED) is 0.839. The monoisotopic (exact) mass is 308 g/mol. The summed E-state index contributed by atoms with van der Waals surface area (Å²) in [5.41, 5.74) is 3.52. The van der Waals surface area contributed by atoms with Gasteiger partial charge in [-0.3, -0.25) is 10.1 Å². The maximum absolute atomic E-state index is 12.0. The van der Waals surface area contributed by atoms with E-state index in [0.29, 0.717) is 0 Å². The zero-order chi connectivity index (χ0) is 16.2. The number of carbonyl (C=O) groups excluding carboxylic acids is 2. The van der Waals surface area contributed by atoms with Crippen molar-refractivity contribution in [1.29, 1.82) is 0 Å². The summed E-state index contributed by atoms with van der Waals surface area (Å²) in [7, 11) is 0. The Morgan fingerprint density at radius 1 is 1.05 bits per heavy atom. The maximum atomic E-state index is 12.0. The lowest BCUT2D eigenvalue weighted by Crippen LogP contribution is -2.45. The molecule has 0 heterocycles. The van der Waals surface area contributed by atoms with Crippen LogP contribution >= 0.6 is 11.8 Å². The Morgan fingerprint density at radius 3 is 2.05 bits per heavy atom. The molecule has 1 atom stereocenters. The second-order valence-electron chi connectivity index (χ2n) is 5.61. The largest absolute Gasteiger partial charge is 0.336 e. The van der Waals surface area contributed by atoms with Crippen LogP contribution in [0.1, 0.15) is 37.5 Å². The molecule has 0 fully saturated rings. The van der Waals surface area contributed by atoms with Gasteiger partial charge in [0.25, 0.3) is 0 Å². The van der Waals surface area contributed by atoms with Crippen LogP contribution in [-0.2, 0) is 4.79 Å². The van der Waals surface area contributed by atoms with E-state index in [2.05, 4.69) is 29.7 Å². The molecule has 0 saturated heterocycles. The molecule has 0 bridgehead atoms. The van der Waals surface area contributed by atoms with E-state index in [1.165, 1.54) is 17.3 Å². The summed E-state index contributed by atoms with van der Waals surface area (Å²) < 4.78 is 0. The van der Waals surface area contributed by atoms with Crippen LogP contribution in [0.25, 0.3) is 0 Å². The van der Waals surface area contributed by atoms with E-state index in [9.17, 15) is 9.59 Å². The maximum Gasteiger partial charge on any atom is 0.321 e. The van der Waals surface area contributed by atoms with Crippen molar-refractivity contribution < 1.29 is 9.59 Å². The third kappa shape index (κ3) is 5.42. The van der Waals surface area contributed by atoms with Crippen molar-refractivity contribution in [3.63, 3.8) is 0 Å². The van der Waals surface area contributed by atoms with Crippen molar-refractivity contribution in [2.75, 3.05) is 0 Å². The van der Waals surface area contributed by atoms with Crippen LogP contribution < -0.4 is 10.6 Å². The van der Waals surface area contributed by atoms with Gasteiger partial charge >= 0.3 is 6.03 Å². The molecule has 0 spiro atoms. The van der Waals surface area contributed by atoms with Crippen LogP contribution in [0.2, 0.25) is 0 Å². The topological polar surface area (TPSA) is 58.2 Å². The van der Waals surface area contributed by atoms with Crippen molar-refractivity contribution in [2.24, 2.45) is 0 Å². The van der Waals surface area contributed by atoms with Crippen LogP contribution in [0.15, 0.2) is 17.0 Å². The van der Waals surface area contributed by atoms with E-state index >= 15 is 0 Å². The summed E-state index contributed by atoms with van der Waals surface area (Å²) in [4.78, 5) is 24.7. The van der Waals surface area contributed by atoms with E-state index in [4.69, 9.17) is 0 Å². The lowest BCUT2D eigenvalue weighted by Gasteiger charge is -2.16. The number of hydrogen-bond acceptors (Lipinski definition) is 3. The first-order chi connectivity index (χ1) is 9.70. The van der Waals surface area contributed by atoms with E-state index in [1.807, 2.05) is 27.7 Å². The second kappa shape index (κ2) is 7.50. The first-order valence-corrected chi connectivity index (χ1v) is 7.94. The van der Waals surface area contributed by atoms with Crippen molar-refractivity contribution in [3.05, 3.63) is 28.8 Å². The molecular formula is C16H24N2O2S. The highest BCUT2D eigenvalue weighted by atomic mass is 32.2. The van der Waals surface area contributed by atoms with E-state index in [1.54, 1.807) is 6.92 Å². The average Bonchev–Trinajstić information content (AvgIpc) is 2.31. The lowest BCUT2D eigenvalue weighted by molar-refractivity contribution is -0.119. The average molecular weight is 308 g/mol. The fourth-order valence-electron chi connectivity index (χ4n) is 2.09. The summed E-state index contributed by atoms with van der Waals surface area (Å²) in [6.45, 7) is 11.6. The first-order valence-electron chi connectivity index (χ1n) is 7.06. The third-order valence-electron chi connectivity index (χ3n) is 2.93. The molecule has 0 saturated carbocycles. The number of benzene rings is 1. The first kappa shape index (κ1) is 17.6. The molecule has 4 nitrogen and oxygen atoms in total. The minimum absolute atomic E-state index is 0.00217. The number of rotatable bonds is 4. The minimum Gasteiger partial charge on any atom is -0.336 e. The van der Waals surface area contributed by atoms with Crippen molar-refractivity contribution in [2.45, 2.75) is 57.7 Å². The molecule has 0 aliphatic carbocycles. The number of nitrogens with one attached hydrogen (secondary N) is 2. The molecule has 0 unspecified atom stereocenters. The number of hydrogen-bond donors (Lipinski definition) is 2. The van der Waals surface area contributed by atoms with Gasteiger partial charge in [-0.05, 0) is 52.7 Å². The summed E-state index contributed by atoms with van der Waals surface area (Å²) >= 11 is 1.48. The molecule has 0 aliphatic rings. The van der Waals surface area contributed by atoms with E-state index in [0.717, 1.165) is 16.0 Å². The zero-order valence-electron chi connectivity index (χ0n) is 13.5. The Bertz CT molecular complexity index is 518. The van der Waals surface area contributed by atoms with Crippen molar-refractivity contribution in [3.8, 4) is 0 Å². The highest BCUT2D eigenvalue weighted by Gasteiger charge is 2.19. The lowest BCUT2D eigenvalue weighted by atomic mass is 10.1. The highest BCUT2D eigenvalue weighted by molar-refractivity contribution is 8.00. The molecule has 5 heteroatoms. The Hall–Kier alpha value is -1.49. The minimum atomic E-state index is -0.445. The molecule has 21 heavy (non-hydrogen) atoms. The number of amides is 3. The van der Waals surface area contributed by atoms with Gasteiger partial charge < -0.3 is 5.32 Å². The highest BCUT2D eigenvalue weighted by Crippen LogP contribution is 2.30. The Morgan fingerprint density at radius 2 is 1.57 bits per heavy atom. The summed E-state index contributed by atoms with van der Waals surface area (Å²) in [5.74, 6) is -0.280. The SMILES string of the molecule is Cc1cc(C)c(S[C@H](C)C(=O)NC(=O)NC(C)C)c(C)c1. The standard InChI is InChI=1S/C16H24N2O2S/c1-9(2)17-16(20)18-15(19)13(6)21-14-11(4)7-10(3)8-12(14)5/h7-9,13H,1-6H3,(H2,17,18,19,20)/t13-/m1/s1. The normalized spacial score (nSPS) is 12.1. The van der Waals surface area contributed by atoms with Crippen LogP contribution in [0.4, 0.5) is 4.79 Å². The smallest absolute Gasteiger partial charge is 0.321 e. The summed E-state index contributed by atoms with van der Waals surface area (Å²) in [5, 5.41) is 4.68. The predicted molar refractivity (Wildman–Crippen MR) is 87.8 cm³/mol. The summed E-state index contributed by atoms with van der Waals surface area (Å²) in [6.07, 6.45) is 0. The van der Waals surface area contributed by atoms with Crippen LogP contribution in [0.3, 0.4) is 0 Å². The number of imide groups is 1. The molecular weight excluding hydrogens is 284 g/mol. The van der Waals surface area contributed by atoms with Crippen molar-refractivity contribution >= 4 is 23.7 Å². The van der Waals surface area contributed by atoms with E-state index < -0.39 is 6.03 Å². The van der Waals surface area contributed by atoms with Crippen LogP contribution in [0.5, 0.6) is 0 Å². The molecule has 2 N–H and O–H groups in total. The van der Waals surface area contributed by atoms with Gasteiger partial charge in [0.2, 0.25) is 5.91 Å². The molecule has 116 valence electrons. The van der Waals surface area contributed by atoms with Gasteiger partial charge in [0.15, 0.2) is 0 Å². The molecule has 0 aromatic heterocycles. The second-order valence-corrected chi connectivity index (χ2v) is 6.96. The van der Waals surface area contributed by atoms with E-state index in [-0.39, 0.29) is 17.2 Å². The van der Waals surface area contributed by atoms with Gasteiger partial charge in [0, 0.05) is 10.9 Å². The number of aryl methyl sites for hydroxylation is 3. The van der Waals surface area contributed by atoms with Gasteiger partial charge in [-0.1, -0.05) is 17.7 Å². The number of carbonyl (C=O) groups is 2. The Balaban J connectivity index is 2.71. The molecule has 3 amide bonds. The van der Waals surface area contributed by atoms with Crippen LogP contribution in [-0.4, -0.2) is 23.2 Å². The Kier molecular flexibility index (Phi) is 6.27.